The minimum absolute atomic E-state index is 0.378. The Morgan fingerprint density at radius 1 is 1.30 bits per heavy atom. The first-order valence-electron chi connectivity index (χ1n) is 6.50. The van der Waals surface area contributed by atoms with Gasteiger partial charge in [0.15, 0.2) is 5.54 Å². The van der Waals surface area contributed by atoms with E-state index in [1.807, 2.05) is 6.07 Å². The number of nitrogens with zero attached hydrogens (tertiary/aromatic N) is 2. The van der Waals surface area contributed by atoms with Crippen molar-refractivity contribution in [1.82, 2.24) is 5.06 Å². The van der Waals surface area contributed by atoms with Crippen molar-refractivity contribution in [2.24, 2.45) is 0 Å². The minimum Gasteiger partial charge on any atom is -0.339 e. The molecule has 1 saturated carbocycles. The topological polar surface area (TPSA) is 119 Å². The molecule has 1 atom stereocenters. The molecule has 1 rings (SSSR count). The van der Waals surface area contributed by atoms with Gasteiger partial charge in [0.25, 0.3) is 7.37 Å². The summed E-state index contributed by atoms with van der Waals surface area (Å²) in [6.07, 6.45) is 2.44. The van der Waals surface area contributed by atoms with Gasteiger partial charge in [-0.3, -0.25) is 19.4 Å². The Balaban J connectivity index is 2.65. The average molecular weight is 302 g/mol. The van der Waals surface area contributed by atoms with Crippen LogP contribution in [0.15, 0.2) is 0 Å². The fourth-order valence-electron chi connectivity index (χ4n) is 2.27. The van der Waals surface area contributed by atoms with Crippen LogP contribution < -0.4 is 0 Å². The number of rotatable bonds is 5. The molecule has 7 nitrogen and oxygen atoms in total. The van der Waals surface area contributed by atoms with Gasteiger partial charge in [0.05, 0.1) is 6.07 Å². The Morgan fingerprint density at radius 2 is 1.85 bits per heavy atom. The molecule has 112 valence electrons. The highest BCUT2D eigenvalue weighted by Crippen LogP contribution is 2.38. The van der Waals surface area contributed by atoms with Gasteiger partial charge in [0.2, 0.25) is 11.4 Å². The summed E-state index contributed by atoms with van der Waals surface area (Å²) in [5.74, 6) is -0.768. The predicted molar refractivity (Wildman–Crippen MR) is 70.1 cm³/mol. The van der Waals surface area contributed by atoms with E-state index >= 15 is 0 Å². The number of hydrogen-bond donors (Lipinski definition) is 2. The number of carbonyl (C=O) groups is 2. The maximum Gasteiger partial charge on any atom is 0.261 e. The summed E-state index contributed by atoms with van der Waals surface area (Å²) in [5.41, 5.74) is -2.14. The van der Waals surface area contributed by atoms with Crippen molar-refractivity contribution in [2.75, 3.05) is 6.66 Å². The van der Waals surface area contributed by atoms with Crippen molar-refractivity contribution < 1.29 is 24.3 Å². The standard InChI is InChI=1S/C12H19N2O5P/c1-20(18,19)11(16)6-5-10(15)14(17)12(9-13)7-3-2-4-8-12/h17H,2-8H2,1H3,(H,18,19). The van der Waals surface area contributed by atoms with Crippen molar-refractivity contribution in [1.29, 1.82) is 5.26 Å². The van der Waals surface area contributed by atoms with Gasteiger partial charge in [-0.1, -0.05) is 6.42 Å². The molecule has 8 heteroatoms. The second-order valence-corrected chi connectivity index (χ2v) is 7.44. The number of amides is 1. The molecule has 0 bridgehead atoms. The fourth-order valence-corrected chi connectivity index (χ4v) is 2.80. The van der Waals surface area contributed by atoms with Crippen LogP contribution in [0.4, 0.5) is 0 Å². The normalized spacial score (nSPS) is 20.5. The molecule has 0 aromatic carbocycles. The third kappa shape index (κ3) is 3.89. The van der Waals surface area contributed by atoms with Crippen molar-refractivity contribution in [3.8, 4) is 6.07 Å². The quantitative estimate of drug-likeness (QED) is 0.452. The maximum atomic E-state index is 11.8. The number of hydrogen-bond acceptors (Lipinski definition) is 5. The van der Waals surface area contributed by atoms with E-state index < -0.39 is 30.8 Å². The molecule has 1 aliphatic rings. The van der Waals surface area contributed by atoms with Gasteiger partial charge >= 0.3 is 0 Å². The lowest BCUT2D eigenvalue weighted by atomic mass is 9.82. The molecule has 1 unspecified atom stereocenters. The van der Waals surface area contributed by atoms with E-state index in [9.17, 15) is 24.6 Å². The van der Waals surface area contributed by atoms with Crippen molar-refractivity contribution in [2.45, 2.75) is 50.5 Å². The summed E-state index contributed by atoms with van der Waals surface area (Å²) >= 11 is 0. The lowest BCUT2D eigenvalue weighted by Crippen LogP contribution is -2.50. The SMILES string of the molecule is CP(=O)(O)C(=O)CCC(=O)N(O)C1(C#N)CCCCC1. The van der Waals surface area contributed by atoms with Gasteiger partial charge in [-0.05, 0) is 25.7 Å². The third-order valence-electron chi connectivity index (χ3n) is 3.55. The Labute approximate surface area is 117 Å². The van der Waals surface area contributed by atoms with Crippen LogP contribution >= 0.6 is 7.37 Å². The highest BCUT2D eigenvalue weighted by atomic mass is 31.2. The zero-order chi connectivity index (χ0) is 15.4. The molecular weight excluding hydrogens is 283 g/mol. The molecule has 0 aliphatic heterocycles. The fraction of sp³-hybridized carbons (Fsp3) is 0.750. The summed E-state index contributed by atoms with van der Waals surface area (Å²) in [6, 6.07) is 1.98. The van der Waals surface area contributed by atoms with Gasteiger partial charge in [0, 0.05) is 19.5 Å². The Bertz CT molecular complexity index is 473. The van der Waals surface area contributed by atoms with Crippen LogP contribution in [0.1, 0.15) is 44.9 Å². The van der Waals surface area contributed by atoms with Crippen LogP contribution in [0, 0.1) is 11.3 Å². The van der Waals surface area contributed by atoms with Crippen LogP contribution in [0.3, 0.4) is 0 Å². The lowest BCUT2D eigenvalue weighted by molar-refractivity contribution is -0.190. The largest absolute Gasteiger partial charge is 0.339 e. The summed E-state index contributed by atoms with van der Waals surface area (Å²) in [5, 5.41) is 19.6. The van der Waals surface area contributed by atoms with Crippen LogP contribution in [-0.2, 0) is 14.2 Å². The molecule has 1 aliphatic carbocycles. The highest BCUT2D eigenvalue weighted by Gasteiger charge is 2.41. The number of carbonyl (C=O) groups excluding carboxylic acids is 2. The number of nitriles is 1. The van der Waals surface area contributed by atoms with Gasteiger partial charge in [-0.2, -0.15) is 5.26 Å². The number of hydroxylamine groups is 2. The van der Waals surface area contributed by atoms with E-state index in [2.05, 4.69) is 0 Å². The summed E-state index contributed by atoms with van der Waals surface area (Å²) < 4.78 is 11.1. The first kappa shape index (κ1) is 16.8. The van der Waals surface area contributed by atoms with E-state index in [4.69, 9.17) is 4.89 Å². The van der Waals surface area contributed by atoms with E-state index in [0.717, 1.165) is 25.9 Å². The van der Waals surface area contributed by atoms with Crippen LogP contribution in [0.25, 0.3) is 0 Å². The Kier molecular flexibility index (Phi) is 5.46. The van der Waals surface area contributed by atoms with Crippen LogP contribution in [-0.4, -0.2) is 38.8 Å². The molecule has 1 fully saturated rings. The molecule has 2 N–H and O–H groups in total. The zero-order valence-corrected chi connectivity index (χ0v) is 12.3. The van der Waals surface area contributed by atoms with E-state index in [1.165, 1.54) is 0 Å². The summed E-state index contributed by atoms with van der Waals surface area (Å²) in [4.78, 5) is 32.2. The van der Waals surface area contributed by atoms with Gasteiger partial charge in [0.1, 0.15) is 0 Å². The van der Waals surface area contributed by atoms with Gasteiger partial charge in [-0.25, -0.2) is 5.06 Å². The van der Waals surface area contributed by atoms with E-state index in [-0.39, 0.29) is 6.42 Å². The Hall–Kier alpha value is -1.22. The zero-order valence-electron chi connectivity index (χ0n) is 11.4. The molecule has 20 heavy (non-hydrogen) atoms. The van der Waals surface area contributed by atoms with Gasteiger partial charge < -0.3 is 4.89 Å². The lowest BCUT2D eigenvalue weighted by Gasteiger charge is -2.36. The second kappa shape index (κ2) is 6.49. The molecule has 0 radical (unpaired) electrons. The Morgan fingerprint density at radius 3 is 2.30 bits per heavy atom. The van der Waals surface area contributed by atoms with Crippen LogP contribution in [0.5, 0.6) is 0 Å². The first-order valence-corrected chi connectivity index (χ1v) is 8.60. The maximum absolute atomic E-state index is 11.8. The summed E-state index contributed by atoms with van der Waals surface area (Å²) in [7, 11) is -3.86. The third-order valence-corrected chi connectivity index (χ3v) is 4.70. The molecule has 0 aromatic rings. The van der Waals surface area contributed by atoms with Gasteiger partial charge in [-0.15, -0.1) is 0 Å². The average Bonchev–Trinajstić information content (AvgIpc) is 2.43. The smallest absolute Gasteiger partial charge is 0.261 e. The van der Waals surface area contributed by atoms with Crippen molar-refractivity contribution in [3.63, 3.8) is 0 Å². The summed E-state index contributed by atoms with van der Waals surface area (Å²) in [6.45, 7) is 0.911. The molecular formula is C12H19N2O5P. The van der Waals surface area contributed by atoms with E-state index in [1.54, 1.807) is 0 Å². The predicted octanol–water partition coefficient (Wildman–Crippen LogP) is 1.64. The monoisotopic (exact) mass is 302 g/mol. The highest BCUT2D eigenvalue weighted by molar-refractivity contribution is 7.74. The second-order valence-electron chi connectivity index (χ2n) is 5.18. The molecule has 0 saturated heterocycles. The minimum atomic E-state index is -3.86. The van der Waals surface area contributed by atoms with Crippen LogP contribution in [0.2, 0.25) is 0 Å². The first-order chi connectivity index (χ1) is 9.23. The molecule has 1 amide bonds. The van der Waals surface area contributed by atoms with E-state index in [0.29, 0.717) is 17.9 Å². The van der Waals surface area contributed by atoms with Crippen molar-refractivity contribution in [3.05, 3.63) is 0 Å². The van der Waals surface area contributed by atoms with Crippen molar-refractivity contribution >= 4 is 18.8 Å². The molecule has 0 spiro atoms. The molecule has 0 heterocycles. The molecule has 0 aromatic heterocycles.